The number of phenolic OH excluding ortho intramolecular Hbond substituents is 1. The second kappa shape index (κ2) is 6.74. The summed E-state index contributed by atoms with van der Waals surface area (Å²) in [6.07, 6.45) is 6.98. The van der Waals surface area contributed by atoms with Gasteiger partial charge in [-0.05, 0) is 72.6 Å². The number of nitrogens with two attached hydrogens (primary N) is 1. The van der Waals surface area contributed by atoms with E-state index in [0.29, 0.717) is 23.3 Å². The fourth-order valence-corrected chi connectivity index (χ4v) is 4.66. The normalized spacial score (nSPS) is 18.9. The van der Waals surface area contributed by atoms with Crippen LogP contribution in [0.25, 0.3) is 0 Å². The summed E-state index contributed by atoms with van der Waals surface area (Å²) in [5.41, 5.74) is 8.71. The number of aromatic hydroxyl groups is 1. The average molecular weight is 315 g/mol. The molecule has 1 aromatic carbocycles. The maximum Gasteiger partial charge on any atom is 0.141 e. The van der Waals surface area contributed by atoms with Gasteiger partial charge in [-0.1, -0.05) is 25.5 Å². The van der Waals surface area contributed by atoms with Crippen LogP contribution in [0.4, 0.5) is 5.69 Å². The zero-order chi connectivity index (χ0) is 15.5. The number of phenols is 1. The van der Waals surface area contributed by atoms with E-state index in [1.807, 2.05) is 17.4 Å². The quantitative estimate of drug-likeness (QED) is 0.594. The van der Waals surface area contributed by atoms with Crippen LogP contribution in [0.2, 0.25) is 0 Å². The fraction of sp³-hybridized carbons (Fsp3) is 0.474. The third kappa shape index (κ3) is 3.14. The molecule has 3 rings (SSSR count). The first-order valence-corrected chi connectivity index (χ1v) is 9.19. The monoisotopic (exact) mass is 315 g/mol. The van der Waals surface area contributed by atoms with Gasteiger partial charge < -0.3 is 10.8 Å². The van der Waals surface area contributed by atoms with E-state index in [1.54, 1.807) is 0 Å². The lowest BCUT2D eigenvalue weighted by Crippen LogP contribution is -2.17. The number of nitrogen functional groups attached to an aromatic ring is 1. The van der Waals surface area contributed by atoms with E-state index < -0.39 is 0 Å². The minimum atomic E-state index is 0.319. The SMILES string of the molecule is CCCC(C[C@@H]1CCc2c(ccc(N)c2O)C1)c1cccs1. The molecule has 0 aliphatic heterocycles. The van der Waals surface area contributed by atoms with Crippen molar-refractivity contribution in [2.24, 2.45) is 5.92 Å². The van der Waals surface area contributed by atoms with Crippen molar-refractivity contribution in [3.05, 3.63) is 45.6 Å². The predicted molar refractivity (Wildman–Crippen MR) is 94.6 cm³/mol. The Hall–Kier alpha value is -1.48. The fourth-order valence-electron chi connectivity index (χ4n) is 3.78. The third-order valence-corrected chi connectivity index (χ3v) is 5.96. The lowest BCUT2D eigenvalue weighted by atomic mass is 9.78. The van der Waals surface area contributed by atoms with E-state index in [2.05, 4.69) is 30.5 Å². The molecule has 1 aliphatic carbocycles. The van der Waals surface area contributed by atoms with Crippen LogP contribution in [0.5, 0.6) is 5.75 Å². The molecule has 0 radical (unpaired) electrons. The molecule has 2 aromatic rings. The molecule has 1 aliphatic rings. The molecule has 3 heteroatoms. The van der Waals surface area contributed by atoms with E-state index in [4.69, 9.17) is 5.73 Å². The molecule has 2 nitrogen and oxygen atoms in total. The molecule has 118 valence electrons. The minimum absolute atomic E-state index is 0.319. The van der Waals surface area contributed by atoms with Crippen LogP contribution in [-0.2, 0) is 12.8 Å². The summed E-state index contributed by atoms with van der Waals surface area (Å²) in [5, 5.41) is 12.3. The van der Waals surface area contributed by atoms with Crippen LogP contribution in [0.3, 0.4) is 0 Å². The molecule has 1 unspecified atom stereocenters. The van der Waals surface area contributed by atoms with E-state index in [9.17, 15) is 5.11 Å². The highest BCUT2D eigenvalue weighted by Gasteiger charge is 2.25. The van der Waals surface area contributed by atoms with E-state index in [1.165, 1.54) is 29.7 Å². The molecule has 22 heavy (non-hydrogen) atoms. The highest BCUT2D eigenvalue weighted by Crippen LogP contribution is 2.40. The molecule has 1 heterocycles. The predicted octanol–water partition coefficient (Wildman–Crippen LogP) is 5.11. The van der Waals surface area contributed by atoms with Crippen molar-refractivity contribution in [3.63, 3.8) is 0 Å². The molecule has 0 saturated carbocycles. The first-order valence-electron chi connectivity index (χ1n) is 8.31. The van der Waals surface area contributed by atoms with E-state index in [0.717, 1.165) is 24.8 Å². The van der Waals surface area contributed by atoms with E-state index in [-0.39, 0.29) is 0 Å². The molecule has 0 fully saturated rings. The highest BCUT2D eigenvalue weighted by atomic mass is 32.1. The zero-order valence-corrected chi connectivity index (χ0v) is 14.0. The molecule has 1 aromatic heterocycles. The molecular formula is C19H25NOS. The Bertz CT molecular complexity index is 621. The van der Waals surface area contributed by atoms with Crippen LogP contribution < -0.4 is 5.73 Å². The molecule has 0 spiro atoms. The van der Waals surface area contributed by atoms with E-state index >= 15 is 0 Å². The van der Waals surface area contributed by atoms with Crippen LogP contribution >= 0.6 is 11.3 Å². The van der Waals surface area contributed by atoms with Gasteiger partial charge in [-0.25, -0.2) is 0 Å². The van der Waals surface area contributed by atoms with Gasteiger partial charge in [0.05, 0.1) is 5.69 Å². The van der Waals surface area contributed by atoms with Gasteiger partial charge in [-0.15, -0.1) is 11.3 Å². The number of hydrogen-bond acceptors (Lipinski definition) is 3. The Balaban J connectivity index is 1.73. The lowest BCUT2D eigenvalue weighted by molar-refractivity contribution is 0.373. The molecule has 0 amide bonds. The Morgan fingerprint density at radius 3 is 2.95 bits per heavy atom. The smallest absolute Gasteiger partial charge is 0.141 e. The number of anilines is 1. The summed E-state index contributed by atoms with van der Waals surface area (Å²) >= 11 is 1.89. The molecule has 0 bridgehead atoms. The Morgan fingerprint density at radius 1 is 1.36 bits per heavy atom. The van der Waals surface area contributed by atoms with Gasteiger partial charge in [-0.2, -0.15) is 0 Å². The average Bonchev–Trinajstić information content (AvgIpc) is 3.05. The summed E-state index contributed by atoms with van der Waals surface area (Å²) in [4.78, 5) is 1.54. The summed E-state index contributed by atoms with van der Waals surface area (Å²) in [5.74, 6) is 1.73. The van der Waals surface area contributed by atoms with Crippen LogP contribution in [0, 0.1) is 5.92 Å². The number of fused-ring (bicyclic) bond motifs is 1. The van der Waals surface area contributed by atoms with Crippen molar-refractivity contribution in [2.75, 3.05) is 5.73 Å². The molecule has 3 N–H and O–H groups in total. The largest absolute Gasteiger partial charge is 0.505 e. The van der Waals surface area contributed by atoms with Gasteiger partial charge in [-0.3, -0.25) is 0 Å². The van der Waals surface area contributed by atoms with Crippen LogP contribution in [0.15, 0.2) is 29.6 Å². The molecule has 0 saturated heterocycles. The van der Waals surface area contributed by atoms with Crippen molar-refractivity contribution in [2.45, 2.75) is 51.4 Å². The number of thiophene rings is 1. The Kier molecular flexibility index (Phi) is 4.72. The maximum absolute atomic E-state index is 10.1. The van der Waals surface area contributed by atoms with Crippen molar-refractivity contribution in [3.8, 4) is 5.75 Å². The first-order chi connectivity index (χ1) is 10.7. The number of rotatable bonds is 5. The summed E-state index contributed by atoms with van der Waals surface area (Å²) in [7, 11) is 0. The van der Waals surface area contributed by atoms with Gasteiger partial charge in [0.1, 0.15) is 5.75 Å². The summed E-state index contributed by atoms with van der Waals surface area (Å²) < 4.78 is 0. The second-order valence-corrected chi connectivity index (χ2v) is 7.47. The van der Waals surface area contributed by atoms with Gasteiger partial charge in [0.15, 0.2) is 0 Å². The summed E-state index contributed by atoms with van der Waals surface area (Å²) in [6.45, 7) is 2.28. The first kappa shape index (κ1) is 15.4. The van der Waals surface area contributed by atoms with Gasteiger partial charge >= 0.3 is 0 Å². The van der Waals surface area contributed by atoms with Crippen LogP contribution in [0.1, 0.15) is 54.5 Å². The second-order valence-electron chi connectivity index (χ2n) is 6.49. The van der Waals surface area contributed by atoms with Crippen LogP contribution in [-0.4, -0.2) is 5.11 Å². The number of hydrogen-bond donors (Lipinski definition) is 2. The maximum atomic E-state index is 10.1. The third-order valence-electron chi connectivity index (χ3n) is 4.92. The highest BCUT2D eigenvalue weighted by molar-refractivity contribution is 7.10. The topological polar surface area (TPSA) is 46.2 Å². The molecule has 2 atom stereocenters. The van der Waals surface area contributed by atoms with Gasteiger partial charge in [0, 0.05) is 4.88 Å². The van der Waals surface area contributed by atoms with Gasteiger partial charge in [0.2, 0.25) is 0 Å². The van der Waals surface area contributed by atoms with Crippen molar-refractivity contribution >= 4 is 17.0 Å². The number of benzene rings is 1. The Morgan fingerprint density at radius 2 is 2.23 bits per heavy atom. The van der Waals surface area contributed by atoms with Crippen molar-refractivity contribution in [1.82, 2.24) is 0 Å². The standard InChI is InChI=1S/C19H25NOS/c1-2-4-15(18-5-3-10-22-18)12-13-6-8-16-14(11-13)7-9-17(20)19(16)21/h3,5,7,9-10,13,15,21H,2,4,6,8,11-12,20H2,1H3/t13-,15?/m1/s1. The lowest BCUT2D eigenvalue weighted by Gasteiger charge is -2.28. The zero-order valence-electron chi connectivity index (χ0n) is 13.2. The Labute approximate surface area is 137 Å². The van der Waals surface area contributed by atoms with Crippen molar-refractivity contribution < 1.29 is 5.11 Å². The summed E-state index contributed by atoms with van der Waals surface area (Å²) in [6, 6.07) is 8.41. The van der Waals surface area contributed by atoms with Gasteiger partial charge in [0.25, 0.3) is 0 Å². The van der Waals surface area contributed by atoms with Crippen molar-refractivity contribution in [1.29, 1.82) is 0 Å². The minimum Gasteiger partial charge on any atom is -0.505 e. The molecular weight excluding hydrogens is 290 g/mol.